The average molecular weight is 251 g/mol. The summed E-state index contributed by atoms with van der Waals surface area (Å²) in [4.78, 5) is 11.2. The Hall–Kier alpha value is -1.74. The van der Waals surface area contributed by atoms with Crippen LogP contribution >= 0.6 is 11.6 Å². The maximum absolute atomic E-state index is 11.2. The number of hydrogen-bond donors (Lipinski definition) is 0. The first-order valence-corrected chi connectivity index (χ1v) is 5.47. The Balaban J connectivity index is 2.63. The molecule has 0 bridgehead atoms. The molecule has 1 heterocycles. The molecule has 0 unspecified atom stereocenters. The molecule has 1 aromatic heterocycles. The van der Waals surface area contributed by atoms with E-state index in [1.54, 1.807) is 18.2 Å². The van der Waals surface area contributed by atoms with Crippen molar-refractivity contribution in [3.05, 3.63) is 51.9 Å². The van der Waals surface area contributed by atoms with Crippen LogP contribution < -0.4 is 10.4 Å². The van der Waals surface area contributed by atoms with E-state index in [1.807, 2.05) is 6.92 Å². The Morgan fingerprint density at radius 1 is 1.47 bits per heavy atom. The first-order valence-electron chi connectivity index (χ1n) is 5.09. The van der Waals surface area contributed by atoms with E-state index in [4.69, 9.17) is 20.8 Å². The molecule has 0 atom stereocenters. The second kappa shape index (κ2) is 4.63. The number of rotatable bonds is 3. The van der Waals surface area contributed by atoms with E-state index >= 15 is 0 Å². The molecule has 2 aromatic rings. The molecule has 2 rings (SSSR count). The van der Waals surface area contributed by atoms with Crippen molar-refractivity contribution in [3.8, 4) is 5.75 Å². The quantitative estimate of drug-likeness (QED) is 0.620. The van der Waals surface area contributed by atoms with Gasteiger partial charge in [-0.15, -0.1) is 0 Å². The second-order valence-electron chi connectivity index (χ2n) is 3.63. The molecular formula is C13H11ClO3. The molecule has 0 saturated heterocycles. The lowest BCUT2D eigenvalue weighted by molar-refractivity contribution is 0.363. The van der Waals surface area contributed by atoms with Crippen LogP contribution in [-0.2, 0) is 0 Å². The molecule has 0 spiro atoms. The van der Waals surface area contributed by atoms with Gasteiger partial charge in [0.25, 0.3) is 0 Å². The molecule has 1 aromatic carbocycles. The van der Waals surface area contributed by atoms with Gasteiger partial charge in [-0.3, -0.25) is 0 Å². The number of aryl methyl sites for hydroxylation is 1. The minimum absolute atomic E-state index is 0.376. The van der Waals surface area contributed by atoms with Crippen molar-refractivity contribution in [3.63, 3.8) is 0 Å². The van der Waals surface area contributed by atoms with Crippen LogP contribution in [-0.4, -0.2) is 6.61 Å². The monoisotopic (exact) mass is 250 g/mol. The third-order valence-corrected chi connectivity index (χ3v) is 2.66. The molecule has 0 radical (unpaired) electrons. The van der Waals surface area contributed by atoms with E-state index in [1.165, 1.54) is 6.07 Å². The summed E-state index contributed by atoms with van der Waals surface area (Å²) in [6.45, 7) is 5.78. The molecule has 0 aliphatic heterocycles. The fourth-order valence-corrected chi connectivity index (χ4v) is 1.79. The Morgan fingerprint density at radius 3 is 2.94 bits per heavy atom. The number of hydrogen-bond acceptors (Lipinski definition) is 3. The maximum atomic E-state index is 11.2. The first kappa shape index (κ1) is 11.7. The maximum Gasteiger partial charge on any atom is 0.336 e. The van der Waals surface area contributed by atoms with Gasteiger partial charge < -0.3 is 9.15 Å². The van der Waals surface area contributed by atoms with E-state index < -0.39 is 0 Å². The predicted molar refractivity (Wildman–Crippen MR) is 67.9 cm³/mol. The molecule has 0 amide bonds. The molecule has 0 N–H and O–H groups in total. The van der Waals surface area contributed by atoms with E-state index in [0.717, 1.165) is 10.9 Å². The van der Waals surface area contributed by atoms with Crippen molar-refractivity contribution in [1.29, 1.82) is 0 Å². The summed E-state index contributed by atoms with van der Waals surface area (Å²) >= 11 is 6.02. The van der Waals surface area contributed by atoms with Crippen LogP contribution in [0.3, 0.4) is 0 Å². The summed E-state index contributed by atoms with van der Waals surface area (Å²) in [5.74, 6) is 0.552. The standard InChI is InChI=1S/C13H11ClO3/c1-3-4-16-12-6-9-8(2)5-13(15)17-11(9)7-10(12)14/h3,5-7H,1,4H2,2H3. The van der Waals surface area contributed by atoms with Crippen LogP contribution in [0.4, 0.5) is 0 Å². The molecule has 0 saturated carbocycles. The van der Waals surface area contributed by atoms with Crippen molar-refractivity contribution in [2.75, 3.05) is 6.61 Å². The SMILES string of the molecule is C=CCOc1cc2c(C)cc(=O)oc2cc1Cl. The van der Waals surface area contributed by atoms with Crippen molar-refractivity contribution < 1.29 is 9.15 Å². The molecule has 4 heteroatoms. The van der Waals surface area contributed by atoms with Crippen LogP contribution in [0, 0.1) is 6.92 Å². The van der Waals surface area contributed by atoms with Crippen molar-refractivity contribution in [2.24, 2.45) is 0 Å². The minimum Gasteiger partial charge on any atom is -0.488 e. The van der Waals surface area contributed by atoms with Crippen molar-refractivity contribution in [2.45, 2.75) is 6.92 Å². The normalized spacial score (nSPS) is 10.5. The fraction of sp³-hybridized carbons (Fsp3) is 0.154. The number of ether oxygens (including phenoxy) is 1. The first-order chi connectivity index (χ1) is 8.11. The minimum atomic E-state index is -0.383. The molecular weight excluding hydrogens is 240 g/mol. The summed E-state index contributed by atoms with van der Waals surface area (Å²) in [5, 5.41) is 1.22. The van der Waals surface area contributed by atoms with Crippen molar-refractivity contribution >= 4 is 22.6 Å². The molecule has 0 aliphatic carbocycles. The lowest BCUT2D eigenvalue weighted by Crippen LogP contribution is -1.99. The second-order valence-corrected chi connectivity index (χ2v) is 4.03. The van der Waals surface area contributed by atoms with Gasteiger partial charge in [-0.2, -0.15) is 0 Å². The summed E-state index contributed by atoms with van der Waals surface area (Å²) in [7, 11) is 0. The lowest BCUT2D eigenvalue weighted by atomic mass is 10.1. The summed E-state index contributed by atoms with van der Waals surface area (Å²) in [6, 6.07) is 4.79. The van der Waals surface area contributed by atoms with Gasteiger partial charge in [0.05, 0.1) is 5.02 Å². The Morgan fingerprint density at radius 2 is 2.24 bits per heavy atom. The van der Waals surface area contributed by atoms with Gasteiger partial charge >= 0.3 is 5.63 Å². The molecule has 0 fully saturated rings. The van der Waals surface area contributed by atoms with Gasteiger partial charge in [0.1, 0.15) is 17.9 Å². The van der Waals surface area contributed by atoms with Crippen LogP contribution in [0.1, 0.15) is 5.56 Å². The Kier molecular flexibility index (Phi) is 3.20. The van der Waals surface area contributed by atoms with Crippen molar-refractivity contribution in [1.82, 2.24) is 0 Å². The van der Waals surface area contributed by atoms with Gasteiger partial charge in [0.15, 0.2) is 0 Å². The summed E-state index contributed by atoms with van der Waals surface area (Å²) in [5.41, 5.74) is 0.910. The largest absolute Gasteiger partial charge is 0.488 e. The number of halogens is 1. The molecule has 0 aliphatic rings. The van der Waals surface area contributed by atoms with E-state index in [9.17, 15) is 4.79 Å². The topological polar surface area (TPSA) is 39.4 Å². The number of fused-ring (bicyclic) bond motifs is 1. The van der Waals surface area contributed by atoms with E-state index in [0.29, 0.717) is 23.0 Å². The van der Waals surface area contributed by atoms with Gasteiger partial charge in [-0.05, 0) is 18.6 Å². The highest BCUT2D eigenvalue weighted by molar-refractivity contribution is 6.32. The summed E-state index contributed by atoms with van der Waals surface area (Å²) in [6.07, 6.45) is 1.64. The van der Waals surface area contributed by atoms with Gasteiger partial charge in [-0.25, -0.2) is 4.79 Å². The highest BCUT2D eigenvalue weighted by Gasteiger charge is 2.08. The van der Waals surface area contributed by atoms with Crippen LogP contribution in [0.25, 0.3) is 11.0 Å². The zero-order valence-electron chi connectivity index (χ0n) is 9.33. The fourth-order valence-electron chi connectivity index (χ4n) is 1.58. The predicted octanol–water partition coefficient (Wildman–Crippen LogP) is 3.32. The smallest absolute Gasteiger partial charge is 0.336 e. The van der Waals surface area contributed by atoms with E-state index in [2.05, 4.69) is 6.58 Å². The van der Waals surface area contributed by atoms with Crippen LogP contribution in [0.5, 0.6) is 5.75 Å². The molecule has 17 heavy (non-hydrogen) atoms. The lowest BCUT2D eigenvalue weighted by Gasteiger charge is -2.08. The van der Waals surface area contributed by atoms with Crippen LogP contribution in [0.15, 0.2) is 40.1 Å². The third kappa shape index (κ3) is 2.34. The zero-order valence-corrected chi connectivity index (χ0v) is 10.1. The third-order valence-electron chi connectivity index (χ3n) is 2.36. The summed E-state index contributed by atoms with van der Waals surface area (Å²) < 4.78 is 10.5. The van der Waals surface area contributed by atoms with Crippen LogP contribution in [0.2, 0.25) is 5.02 Å². The van der Waals surface area contributed by atoms with Gasteiger partial charge in [0, 0.05) is 17.5 Å². The zero-order chi connectivity index (χ0) is 12.4. The highest BCUT2D eigenvalue weighted by Crippen LogP contribution is 2.30. The average Bonchev–Trinajstić information content (AvgIpc) is 2.26. The Bertz CT molecular complexity index is 628. The van der Waals surface area contributed by atoms with Gasteiger partial charge in [-0.1, -0.05) is 24.3 Å². The molecule has 3 nitrogen and oxygen atoms in total. The number of benzene rings is 1. The molecule has 88 valence electrons. The van der Waals surface area contributed by atoms with Gasteiger partial charge in [0.2, 0.25) is 0 Å². The Labute approximate surface area is 103 Å². The van der Waals surface area contributed by atoms with E-state index in [-0.39, 0.29) is 5.63 Å². The highest BCUT2D eigenvalue weighted by atomic mass is 35.5.